The summed E-state index contributed by atoms with van der Waals surface area (Å²) < 4.78 is 2.85. The molecule has 3 rings (SSSR count). The largest absolute Gasteiger partial charge is 0.283 e. The SMILES string of the molecule is CCCSc1nc2ccc(I)cc2c(=O)n1Cc1ccccc1. The first kappa shape index (κ1) is 16.5. The Balaban J connectivity index is 2.15. The molecule has 3 nitrogen and oxygen atoms in total. The van der Waals surface area contributed by atoms with Crippen LogP contribution in [0.4, 0.5) is 0 Å². The highest BCUT2D eigenvalue weighted by Gasteiger charge is 2.12. The second kappa shape index (κ2) is 7.49. The Morgan fingerprint density at radius 3 is 2.70 bits per heavy atom. The van der Waals surface area contributed by atoms with Crippen LogP contribution in [0.15, 0.2) is 58.5 Å². The van der Waals surface area contributed by atoms with E-state index >= 15 is 0 Å². The standard InChI is InChI=1S/C18H17IN2OS/c1-2-10-23-18-20-16-9-8-14(19)11-15(16)17(22)21(18)12-13-6-4-3-5-7-13/h3-9,11H,2,10,12H2,1H3. The second-order valence-electron chi connectivity index (χ2n) is 5.28. The quantitative estimate of drug-likeness (QED) is 0.335. The van der Waals surface area contributed by atoms with Gasteiger partial charge < -0.3 is 0 Å². The fourth-order valence-corrected chi connectivity index (χ4v) is 3.73. The third kappa shape index (κ3) is 3.77. The smallest absolute Gasteiger partial charge is 0.262 e. The molecule has 3 aromatic rings. The molecule has 2 aromatic carbocycles. The van der Waals surface area contributed by atoms with Gasteiger partial charge in [0.2, 0.25) is 0 Å². The Morgan fingerprint density at radius 1 is 1.17 bits per heavy atom. The maximum absolute atomic E-state index is 13.0. The van der Waals surface area contributed by atoms with Crippen molar-refractivity contribution in [2.75, 3.05) is 5.75 Å². The highest BCUT2D eigenvalue weighted by molar-refractivity contribution is 14.1. The predicted molar refractivity (Wildman–Crippen MR) is 105 cm³/mol. The Morgan fingerprint density at radius 2 is 1.96 bits per heavy atom. The molecule has 1 heterocycles. The van der Waals surface area contributed by atoms with Gasteiger partial charge in [0.15, 0.2) is 5.16 Å². The van der Waals surface area contributed by atoms with Crippen LogP contribution < -0.4 is 5.56 Å². The molecule has 118 valence electrons. The fraction of sp³-hybridized carbons (Fsp3) is 0.222. The predicted octanol–water partition coefficient (Wildman–Crippen LogP) is 4.55. The van der Waals surface area contributed by atoms with Crippen molar-refractivity contribution in [1.82, 2.24) is 9.55 Å². The monoisotopic (exact) mass is 436 g/mol. The van der Waals surface area contributed by atoms with E-state index in [4.69, 9.17) is 4.98 Å². The molecule has 0 amide bonds. The summed E-state index contributed by atoms with van der Waals surface area (Å²) in [6, 6.07) is 15.9. The average molecular weight is 436 g/mol. The summed E-state index contributed by atoms with van der Waals surface area (Å²) in [7, 11) is 0. The molecule has 0 unspecified atom stereocenters. The van der Waals surface area contributed by atoms with Crippen molar-refractivity contribution in [3.8, 4) is 0 Å². The Kier molecular flexibility index (Phi) is 5.38. The number of aromatic nitrogens is 2. The fourth-order valence-electron chi connectivity index (χ4n) is 2.38. The van der Waals surface area contributed by atoms with E-state index in [0.29, 0.717) is 11.9 Å². The second-order valence-corrected chi connectivity index (χ2v) is 7.59. The molecule has 0 atom stereocenters. The first-order valence-corrected chi connectivity index (χ1v) is 9.62. The average Bonchev–Trinajstić information content (AvgIpc) is 2.57. The van der Waals surface area contributed by atoms with Gasteiger partial charge in [-0.3, -0.25) is 9.36 Å². The van der Waals surface area contributed by atoms with Gasteiger partial charge in [0.1, 0.15) is 0 Å². The van der Waals surface area contributed by atoms with Gasteiger partial charge in [-0.2, -0.15) is 0 Å². The van der Waals surface area contributed by atoms with Crippen LogP contribution in [-0.4, -0.2) is 15.3 Å². The zero-order valence-electron chi connectivity index (χ0n) is 12.8. The minimum Gasteiger partial charge on any atom is -0.283 e. The van der Waals surface area contributed by atoms with E-state index in [9.17, 15) is 4.79 Å². The summed E-state index contributed by atoms with van der Waals surface area (Å²) >= 11 is 3.88. The van der Waals surface area contributed by atoms with E-state index in [-0.39, 0.29) is 5.56 Å². The van der Waals surface area contributed by atoms with Crippen molar-refractivity contribution in [1.29, 1.82) is 0 Å². The van der Waals surface area contributed by atoms with Gasteiger partial charge in [0.05, 0.1) is 17.4 Å². The van der Waals surface area contributed by atoms with Gasteiger partial charge in [0, 0.05) is 9.32 Å². The lowest BCUT2D eigenvalue weighted by molar-refractivity contribution is 0.658. The summed E-state index contributed by atoms with van der Waals surface area (Å²) in [4.78, 5) is 17.7. The van der Waals surface area contributed by atoms with Crippen LogP contribution in [0.5, 0.6) is 0 Å². The van der Waals surface area contributed by atoms with Crippen molar-refractivity contribution in [2.24, 2.45) is 0 Å². The number of benzene rings is 2. The van der Waals surface area contributed by atoms with E-state index in [0.717, 1.165) is 32.0 Å². The number of hydrogen-bond donors (Lipinski definition) is 0. The van der Waals surface area contributed by atoms with Gasteiger partial charge in [-0.1, -0.05) is 49.0 Å². The Bertz CT molecular complexity index is 877. The summed E-state index contributed by atoms with van der Waals surface area (Å²) in [6.07, 6.45) is 1.05. The molecular formula is C18H17IN2OS. The van der Waals surface area contributed by atoms with Crippen molar-refractivity contribution in [3.05, 3.63) is 68.0 Å². The molecule has 0 fully saturated rings. The minimum absolute atomic E-state index is 0.0379. The number of rotatable bonds is 5. The number of nitrogens with zero attached hydrogens (tertiary/aromatic N) is 2. The zero-order chi connectivity index (χ0) is 16.2. The van der Waals surface area contributed by atoms with E-state index < -0.39 is 0 Å². The molecule has 0 aliphatic carbocycles. The lowest BCUT2D eigenvalue weighted by Crippen LogP contribution is -2.24. The summed E-state index contributed by atoms with van der Waals surface area (Å²) in [6.45, 7) is 2.69. The number of fused-ring (bicyclic) bond motifs is 1. The normalized spacial score (nSPS) is 11.0. The van der Waals surface area contributed by atoms with Crippen LogP contribution in [0, 0.1) is 3.57 Å². The van der Waals surface area contributed by atoms with Gasteiger partial charge >= 0.3 is 0 Å². The lowest BCUT2D eigenvalue weighted by Gasteiger charge is -2.13. The van der Waals surface area contributed by atoms with Gasteiger partial charge in [0.25, 0.3) is 5.56 Å². The molecule has 0 N–H and O–H groups in total. The maximum atomic E-state index is 13.0. The Hall–Kier alpha value is -1.34. The van der Waals surface area contributed by atoms with Crippen LogP contribution in [0.25, 0.3) is 10.9 Å². The number of halogens is 1. The molecule has 5 heteroatoms. The van der Waals surface area contributed by atoms with Crippen LogP contribution in [0.2, 0.25) is 0 Å². The van der Waals surface area contributed by atoms with Gasteiger partial charge in [-0.05, 0) is 52.8 Å². The molecule has 0 aliphatic rings. The number of hydrogen-bond acceptors (Lipinski definition) is 3. The van der Waals surface area contributed by atoms with Crippen molar-refractivity contribution in [3.63, 3.8) is 0 Å². The minimum atomic E-state index is 0.0379. The van der Waals surface area contributed by atoms with E-state index in [1.54, 1.807) is 16.3 Å². The molecule has 0 aliphatic heterocycles. The highest BCUT2D eigenvalue weighted by atomic mass is 127. The van der Waals surface area contributed by atoms with E-state index in [1.807, 2.05) is 48.5 Å². The third-order valence-corrected chi connectivity index (χ3v) is 5.35. The van der Waals surface area contributed by atoms with Gasteiger partial charge in [-0.25, -0.2) is 4.98 Å². The molecule has 0 saturated carbocycles. The van der Waals surface area contributed by atoms with Crippen LogP contribution in [0.1, 0.15) is 18.9 Å². The van der Waals surface area contributed by atoms with Crippen LogP contribution >= 0.6 is 34.4 Å². The topological polar surface area (TPSA) is 34.9 Å². The summed E-state index contributed by atoms with van der Waals surface area (Å²) in [5, 5.41) is 1.49. The van der Waals surface area contributed by atoms with Crippen LogP contribution in [0.3, 0.4) is 0 Å². The Labute approximate surface area is 153 Å². The van der Waals surface area contributed by atoms with E-state index in [1.165, 1.54) is 0 Å². The van der Waals surface area contributed by atoms with E-state index in [2.05, 4.69) is 29.5 Å². The molecule has 23 heavy (non-hydrogen) atoms. The van der Waals surface area contributed by atoms with Gasteiger partial charge in [-0.15, -0.1) is 0 Å². The summed E-state index contributed by atoms with van der Waals surface area (Å²) in [5.41, 5.74) is 1.93. The van der Waals surface area contributed by atoms with Crippen molar-refractivity contribution < 1.29 is 0 Å². The number of thioether (sulfide) groups is 1. The molecule has 0 radical (unpaired) electrons. The molecule has 0 spiro atoms. The first-order chi connectivity index (χ1) is 11.2. The first-order valence-electron chi connectivity index (χ1n) is 7.56. The lowest BCUT2D eigenvalue weighted by atomic mass is 10.2. The zero-order valence-corrected chi connectivity index (χ0v) is 15.8. The molecule has 0 bridgehead atoms. The maximum Gasteiger partial charge on any atom is 0.262 e. The third-order valence-electron chi connectivity index (χ3n) is 3.50. The highest BCUT2D eigenvalue weighted by Crippen LogP contribution is 2.20. The van der Waals surface area contributed by atoms with Crippen LogP contribution in [-0.2, 0) is 6.54 Å². The molecule has 0 saturated heterocycles. The van der Waals surface area contributed by atoms with Crippen molar-refractivity contribution >= 4 is 45.3 Å². The summed E-state index contributed by atoms with van der Waals surface area (Å²) in [5.74, 6) is 0.955. The molecular weight excluding hydrogens is 419 g/mol. The molecule has 1 aromatic heterocycles. The van der Waals surface area contributed by atoms with Crippen molar-refractivity contribution in [2.45, 2.75) is 25.0 Å².